The normalized spacial score (nSPS) is 11.4. The Kier molecular flexibility index (Phi) is 3.65. The van der Waals surface area contributed by atoms with Crippen LogP contribution in [0.5, 0.6) is 0 Å². The Bertz CT molecular complexity index is 1210. The Labute approximate surface area is 155 Å². The molecule has 0 aliphatic heterocycles. The first-order chi connectivity index (χ1) is 12.9. The summed E-state index contributed by atoms with van der Waals surface area (Å²) < 4.78 is 13.9. The lowest BCUT2D eigenvalue weighted by atomic mass is 9.89. The Morgan fingerprint density at radius 1 is 0.500 bits per heavy atom. The molecule has 0 atom stereocenters. The molecule has 26 heavy (non-hydrogen) atoms. The number of benzene rings is 5. The second-order valence-corrected chi connectivity index (χ2v) is 6.96. The van der Waals surface area contributed by atoms with E-state index in [2.05, 4.69) is 54.6 Å². The fourth-order valence-electron chi connectivity index (χ4n) is 3.91. The standard InChI is InChI=1S/C24H15FS/c25-26-24-21-13-5-3-11-19(21)23(20-12-4-6-14-22(20)24)18-15-7-9-16-8-1-2-10-17(16)18/h1-15H. The Hall–Kier alpha value is -2.84. The summed E-state index contributed by atoms with van der Waals surface area (Å²) in [5.74, 6) is 0. The highest BCUT2D eigenvalue weighted by atomic mass is 32.2. The summed E-state index contributed by atoms with van der Waals surface area (Å²) in [6.07, 6.45) is 0. The Balaban J connectivity index is 2.05. The number of hydrogen-bond acceptors (Lipinski definition) is 1. The lowest BCUT2D eigenvalue weighted by molar-refractivity contribution is 0.938. The van der Waals surface area contributed by atoms with Gasteiger partial charge in [-0.25, -0.2) is 0 Å². The summed E-state index contributed by atoms with van der Waals surface area (Å²) in [5.41, 5.74) is 2.36. The highest BCUT2D eigenvalue weighted by Gasteiger charge is 2.16. The minimum absolute atomic E-state index is 0.335. The highest BCUT2D eigenvalue weighted by Crippen LogP contribution is 2.44. The molecule has 0 fully saturated rings. The number of halogens is 1. The van der Waals surface area contributed by atoms with Crippen molar-refractivity contribution >= 4 is 44.5 Å². The van der Waals surface area contributed by atoms with E-state index in [1.807, 2.05) is 36.4 Å². The molecule has 5 rings (SSSR count). The molecule has 0 saturated carbocycles. The van der Waals surface area contributed by atoms with Crippen molar-refractivity contribution < 1.29 is 3.89 Å². The predicted octanol–water partition coefficient (Wildman–Crippen LogP) is 7.79. The van der Waals surface area contributed by atoms with Crippen LogP contribution in [-0.2, 0) is 0 Å². The van der Waals surface area contributed by atoms with Crippen LogP contribution in [0.25, 0.3) is 43.4 Å². The van der Waals surface area contributed by atoms with Crippen molar-refractivity contribution in [3.05, 3.63) is 91.0 Å². The second kappa shape index (κ2) is 6.15. The van der Waals surface area contributed by atoms with Crippen LogP contribution < -0.4 is 0 Å². The molecule has 0 spiro atoms. The van der Waals surface area contributed by atoms with Crippen LogP contribution in [0.3, 0.4) is 0 Å². The minimum atomic E-state index is 0.335. The Morgan fingerprint density at radius 3 is 1.62 bits per heavy atom. The maximum absolute atomic E-state index is 13.9. The zero-order valence-electron chi connectivity index (χ0n) is 13.9. The van der Waals surface area contributed by atoms with Gasteiger partial charge in [-0.15, -0.1) is 0 Å². The molecule has 0 saturated heterocycles. The van der Waals surface area contributed by atoms with E-state index < -0.39 is 0 Å². The van der Waals surface area contributed by atoms with Crippen molar-refractivity contribution in [3.63, 3.8) is 0 Å². The van der Waals surface area contributed by atoms with E-state index in [0.717, 1.165) is 21.5 Å². The topological polar surface area (TPSA) is 0 Å². The first-order valence-corrected chi connectivity index (χ1v) is 9.30. The lowest BCUT2D eigenvalue weighted by Gasteiger charge is -2.16. The fourth-order valence-corrected chi connectivity index (χ4v) is 4.43. The molecule has 0 N–H and O–H groups in total. The van der Waals surface area contributed by atoms with Crippen molar-refractivity contribution in [3.8, 4) is 11.1 Å². The van der Waals surface area contributed by atoms with Crippen LogP contribution in [0.15, 0.2) is 95.9 Å². The molecule has 124 valence electrons. The van der Waals surface area contributed by atoms with E-state index >= 15 is 0 Å². The minimum Gasteiger partial charge on any atom is -0.160 e. The summed E-state index contributed by atoms with van der Waals surface area (Å²) >= 11 is 0.335. The van der Waals surface area contributed by atoms with E-state index in [9.17, 15) is 3.89 Å². The van der Waals surface area contributed by atoms with Crippen LogP contribution in [-0.4, -0.2) is 0 Å². The zero-order chi connectivity index (χ0) is 17.5. The molecule has 0 unspecified atom stereocenters. The average Bonchev–Trinajstić information content (AvgIpc) is 2.71. The van der Waals surface area contributed by atoms with E-state index in [1.54, 1.807) is 0 Å². The van der Waals surface area contributed by atoms with Gasteiger partial charge >= 0.3 is 0 Å². The SMILES string of the molecule is FSc1c2ccccc2c(-c2cccc3ccccc23)c2ccccc12. The summed E-state index contributed by atoms with van der Waals surface area (Å²) in [7, 11) is 0. The molecule has 0 radical (unpaired) electrons. The summed E-state index contributed by atoms with van der Waals surface area (Å²) in [6.45, 7) is 0. The quantitative estimate of drug-likeness (QED) is 0.292. The molecule has 0 aliphatic carbocycles. The smallest absolute Gasteiger partial charge is 0.0825 e. The summed E-state index contributed by atoms with van der Waals surface area (Å²) in [6, 6.07) is 31.0. The third kappa shape index (κ3) is 2.23. The van der Waals surface area contributed by atoms with Gasteiger partial charge in [0.25, 0.3) is 0 Å². The number of hydrogen-bond donors (Lipinski definition) is 0. The van der Waals surface area contributed by atoms with Crippen LogP contribution in [0.2, 0.25) is 0 Å². The van der Waals surface area contributed by atoms with Crippen LogP contribution >= 0.6 is 12.1 Å². The molecule has 2 heteroatoms. The molecule has 0 heterocycles. The maximum Gasteiger partial charge on any atom is 0.0825 e. The summed E-state index contributed by atoms with van der Waals surface area (Å²) in [5, 5.41) is 6.52. The van der Waals surface area contributed by atoms with Crippen molar-refractivity contribution in [1.82, 2.24) is 0 Å². The molecule has 5 aromatic rings. The van der Waals surface area contributed by atoms with Gasteiger partial charge in [-0.05, 0) is 43.4 Å². The first kappa shape index (κ1) is 15.4. The van der Waals surface area contributed by atoms with Crippen molar-refractivity contribution in [2.24, 2.45) is 0 Å². The molecular weight excluding hydrogens is 339 g/mol. The largest absolute Gasteiger partial charge is 0.160 e. The molecule has 5 aromatic carbocycles. The Morgan fingerprint density at radius 2 is 1.00 bits per heavy atom. The molecular formula is C24H15FS. The van der Waals surface area contributed by atoms with Gasteiger partial charge in [-0.2, -0.15) is 3.89 Å². The molecule has 0 bridgehead atoms. The van der Waals surface area contributed by atoms with Gasteiger partial charge in [-0.3, -0.25) is 0 Å². The van der Waals surface area contributed by atoms with Gasteiger partial charge < -0.3 is 0 Å². The van der Waals surface area contributed by atoms with Crippen LogP contribution in [0.1, 0.15) is 0 Å². The second-order valence-electron chi connectivity index (χ2n) is 6.40. The van der Waals surface area contributed by atoms with E-state index in [0.29, 0.717) is 17.0 Å². The van der Waals surface area contributed by atoms with Gasteiger partial charge in [0.1, 0.15) is 0 Å². The van der Waals surface area contributed by atoms with E-state index in [-0.39, 0.29) is 0 Å². The van der Waals surface area contributed by atoms with Gasteiger partial charge in [0, 0.05) is 0 Å². The van der Waals surface area contributed by atoms with E-state index in [1.165, 1.54) is 21.9 Å². The van der Waals surface area contributed by atoms with Gasteiger partial charge in [0.05, 0.1) is 17.0 Å². The molecule has 0 aliphatic rings. The zero-order valence-corrected chi connectivity index (χ0v) is 14.8. The molecule has 0 aromatic heterocycles. The third-order valence-electron chi connectivity index (χ3n) is 5.02. The first-order valence-electron chi connectivity index (χ1n) is 8.58. The maximum atomic E-state index is 13.9. The number of fused-ring (bicyclic) bond motifs is 3. The third-order valence-corrected chi connectivity index (χ3v) is 5.61. The van der Waals surface area contributed by atoms with E-state index in [4.69, 9.17) is 0 Å². The molecule has 0 amide bonds. The lowest BCUT2D eigenvalue weighted by Crippen LogP contribution is -1.89. The van der Waals surface area contributed by atoms with Crippen LogP contribution in [0, 0.1) is 0 Å². The average molecular weight is 354 g/mol. The van der Waals surface area contributed by atoms with Crippen LogP contribution in [0.4, 0.5) is 3.89 Å². The van der Waals surface area contributed by atoms with Gasteiger partial charge in [0.2, 0.25) is 0 Å². The van der Waals surface area contributed by atoms with Gasteiger partial charge in [-0.1, -0.05) is 91.0 Å². The fraction of sp³-hybridized carbons (Fsp3) is 0. The predicted molar refractivity (Wildman–Crippen MR) is 111 cm³/mol. The van der Waals surface area contributed by atoms with Crippen molar-refractivity contribution in [2.45, 2.75) is 4.90 Å². The highest BCUT2D eigenvalue weighted by molar-refractivity contribution is 7.94. The van der Waals surface area contributed by atoms with Crippen molar-refractivity contribution in [1.29, 1.82) is 0 Å². The molecule has 0 nitrogen and oxygen atoms in total. The van der Waals surface area contributed by atoms with Gasteiger partial charge in [0.15, 0.2) is 0 Å². The number of rotatable bonds is 2. The monoisotopic (exact) mass is 354 g/mol. The van der Waals surface area contributed by atoms with Crippen molar-refractivity contribution in [2.75, 3.05) is 0 Å². The summed E-state index contributed by atoms with van der Waals surface area (Å²) in [4.78, 5) is 0.695.